The number of thioether (sulfide) groups is 1. The van der Waals surface area contributed by atoms with E-state index in [-0.39, 0.29) is 28.5 Å². The first kappa shape index (κ1) is 15.1. The molecule has 0 unspecified atom stereocenters. The fourth-order valence-corrected chi connectivity index (χ4v) is 3.31. The van der Waals surface area contributed by atoms with Gasteiger partial charge in [-0.05, 0) is 18.2 Å². The molecule has 1 aliphatic rings. The number of fused-ring (bicyclic) bond motifs is 1. The number of aromatic hydroxyl groups is 1. The molecule has 1 aliphatic heterocycles. The third-order valence-electron chi connectivity index (χ3n) is 3.38. The van der Waals surface area contributed by atoms with Crippen molar-refractivity contribution in [3.8, 4) is 11.5 Å². The minimum atomic E-state index is -0.581. The second kappa shape index (κ2) is 5.77. The van der Waals surface area contributed by atoms with Gasteiger partial charge in [0.25, 0.3) is 5.69 Å². The Balaban J connectivity index is 2.09. The summed E-state index contributed by atoms with van der Waals surface area (Å²) in [4.78, 5) is 24.0. The average Bonchev–Trinajstić information content (AvgIpc) is 2.85. The number of nitro benzene ring substituents is 1. The van der Waals surface area contributed by atoms with E-state index in [1.807, 2.05) is 12.1 Å². The summed E-state index contributed by atoms with van der Waals surface area (Å²) in [6, 6.07) is 9.49. The Kier molecular flexibility index (Phi) is 3.79. The van der Waals surface area contributed by atoms with E-state index in [1.165, 1.54) is 31.0 Å². The smallest absolute Gasteiger partial charge is 0.274 e. The first-order valence-electron chi connectivity index (χ1n) is 6.60. The molecule has 0 saturated carbocycles. The number of non-ortho nitro benzene ring substituents is 1. The van der Waals surface area contributed by atoms with Crippen LogP contribution >= 0.6 is 11.8 Å². The number of phenols is 1. The molecule has 0 bridgehead atoms. The maximum atomic E-state index is 12.3. The number of nitro groups is 1. The number of nitrogens with zero attached hydrogens (tertiary/aromatic N) is 1. The van der Waals surface area contributed by atoms with E-state index < -0.39 is 4.92 Å². The molecule has 0 radical (unpaired) electrons. The van der Waals surface area contributed by atoms with Crippen LogP contribution in [-0.4, -0.2) is 22.9 Å². The molecule has 3 rings (SSSR count). The average molecular weight is 329 g/mol. The molecule has 0 amide bonds. The number of allylic oxidation sites excluding steroid dienone is 1. The summed E-state index contributed by atoms with van der Waals surface area (Å²) in [6.07, 6.45) is 1.44. The lowest BCUT2D eigenvalue weighted by atomic mass is 10.1. The molecule has 116 valence electrons. The maximum Gasteiger partial charge on any atom is 0.274 e. The van der Waals surface area contributed by atoms with Gasteiger partial charge >= 0.3 is 0 Å². The van der Waals surface area contributed by atoms with E-state index in [9.17, 15) is 20.0 Å². The van der Waals surface area contributed by atoms with Crippen LogP contribution in [0.25, 0.3) is 6.08 Å². The van der Waals surface area contributed by atoms with Crippen LogP contribution in [0.5, 0.6) is 11.5 Å². The van der Waals surface area contributed by atoms with Gasteiger partial charge in [-0.2, -0.15) is 0 Å². The molecule has 0 saturated heterocycles. The second-order valence-corrected chi connectivity index (χ2v) is 5.86. The maximum absolute atomic E-state index is 12.3. The third kappa shape index (κ3) is 2.66. The minimum absolute atomic E-state index is 0.0148. The molecular formula is C16H11NO5S. The summed E-state index contributed by atoms with van der Waals surface area (Å²) in [6.45, 7) is 0. The standard InChI is InChI=1S/C16H11NO5S/c1-22-12-8-10(17(20)21)6-9(15(12)18)7-14-16(19)11-4-2-3-5-13(11)23-14/h2-8,18H,1H3/b14-7-. The van der Waals surface area contributed by atoms with Crippen molar-refractivity contribution in [1.82, 2.24) is 0 Å². The lowest BCUT2D eigenvalue weighted by molar-refractivity contribution is -0.385. The monoisotopic (exact) mass is 329 g/mol. The highest BCUT2D eigenvalue weighted by Gasteiger charge is 2.26. The summed E-state index contributed by atoms with van der Waals surface area (Å²) >= 11 is 1.27. The van der Waals surface area contributed by atoms with Crippen molar-refractivity contribution < 1.29 is 19.6 Å². The zero-order valence-electron chi connectivity index (χ0n) is 12.0. The van der Waals surface area contributed by atoms with E-state index in [2.05, 4.69) is 0 Å². The number of carbonyl (C=O) groups is 1. The van der Waals surface area contributed by atoms with Crippen LogP contribution < -0.4 is 4.74 Å². The highest BCUT2D eigenvalue weighted by Crippen LogP contribution is 2.43. The number of carbonyl (C=O) groups excluding carboxylic acids is 1. The Morgan fingerprint density at radius 1 is 1.30 bits per heavy atom. The zero-order chi connectivity index (χ0) is 16.6. The highest BCUT2D eigenvalue weighted by molar-refractivity contribution is 8.04. The number of Topliss-reactive ketones (excluding diaryl/α,β-unsaturated/α-hetero) is 1. The quantitative estimate of drug-likeness (QED) is 0.525. The van der Waals surface area contributed by atoms with E-state index in [1.54, 1.807) is 12.1 Å². The number of methoxy groups -OCH3 is 1. The van der Waals surface area contributed by atoms with Gasteiger partial charge in [-0.3, -0.25) is 14.9 Å². The molecule has 2 aromatic carbocycles. The number of hydrogen-bond acceptors (Lipinski definition) is 6. The Hall–Kier alpha value is -2.80. The Labute approximate surface area is 135 Å². The van der Waals surface area contributed by atoms with E-state index in [0.29, 0.717) is 10.5 Å². The number of ketones is 1. The Morgan fingerprint density at radius 3 is 2.70 bits per heavy atom. The Bertz CT molecular complexity index is 860. The molecule has 0 aliphatic carbocycles. The lowest BCUT2D eigenvalue weighted by Gasteiger charge is -2.06. The number of ether oxygens (including phenoxy) is 1. The van der Waals surface area contributed by atoms with Crippen LogP contribution in [0.3, 0.4) is 0 Å². The van der Waals surface area contributed by atoms with Gasteiger partial charge in [-0.1, -0.05) is 23.9 Å². The summed E-state index contributed by atoms with van der Waals surface area (Å²) in [5, 5.41) is 21.1. The molecule has 1 heterocycles. The van der Waals surface area contributed by atoms with Crippen molar-refractivity contribution in [2.45, 2.75) is 4.90 Å². The summed E-state index contributed by atoms with van der Waals surface area (Å²) in [5.41, 5.74) is 0.528. The molecule has 1 N–H and O–H groups in total. The van der Waals surface area contributed by atoms with Crippen molar-refractivity contribution in [2.75, 3.05) is 7.11 Å². The highest BCUT2D eigenvalue weighted by atomic mass is 32.2. The summed E-state index contributed by atoms with van der Waals surface area (Å²) in [5.74, 6) is -0.426. The number of rotatable bonds is 3. The van der Waals surface area contributed by atoms with Crippen molar-refractivity contribution in [1.29, 1.82) is 0 Å². The fraction of sp³-hybridized carbons (Fsp3) is 0.0625. The fourth-order valence-electron chi connectivity index (χ4n) is 2.26. The van der Waals surface area contributed by atoms with Gasteiger partial charge < -0.3 is 9.84 Å². The van der Waals surface area contributed by atoms with E-state index in [0.717, 1.165) is 11.0 Å². The van der Waals surface area contributed by atoms with Gasteiger partial charge in [0.2, 0.25) is 5.78 Å². The SMILES string of the molecule is COc1cc([N+](=O)[O-])cc(/C=C2\Sc3ccccc3C2=O)c1O. The molecule has 0 fully saturated rings. The summed E-state index contributed by atoms with van der Waals surface area (Å²) < 4.78 is 4.95. The van der Waals surface area contributed by atoms with Crippen LogP contribution in [0.2, 0.25) is 0 Å². The number of phenolic OH excluding ortho intramolecular Hbond substituents is 1. The normalized spacial score (nSPS) is 14.8. The second-order valence-electron chi connectivity index (χ2n) is 4.78. The molecule has 0 spiro atoms. The van der Waals surface area contributed by atoms with E-state index in [4.69, 9.17) is 4.74 Å². The molecule has 2 aromatic rings. The van der Waals surface area contributed by atoms with Crippen LogP contribution in [0.4, 0.5) is 5.69 Å². The molecule has 7 heteroatoms. The lowest BCUT2D eigenvalue weighted by Crippen LogP contribution is -1.95. The van der Waals surface area contributed by atoms with Crippen molar-refractivity contribution >= 4 is 29.3 Å². The van der Waals surface area contributed by atoms with Crippen LogP contribution in [0.15, 0.2) is 46.2 Å². The molecule has 23 heavy (non-hydrogen) atoms. The minimum Gasteiger partial charge on any atom is -0.504 e. The molecule has 0 aromatic heterocycles. The van der Waals surface area contributed by atoms with Gasteiger partial charge in [-0.25, -0.2) is 0 Å². The van der Waals surface area contributed by atoms with Gasteiger partial charge in [0.05, 0.1) is 23.0 Å². The van der Waals surface area contributed by atoms with Crippen LogP contribution in [0.1, 0.15) is 15.9 Å². The predicted molar refractivity (Wildman–Crippen MR) is 85.9 cm³/mol. The van der Waals surface area contributed by atoms with E-state index >= 15 is 0 Å². The van der Waals surface area contributed by atoms with Gasteiger partial charge in [0, 0.05) is 22.1 Å². The van der Waals surface area contributed by atoms with Crippen LogP contribution in [0, 0.1) is 10.1 Å². The van der Waals surface area contributed by atoms with Crippen molar-refractivity contribution in [2.24, 2.45) is 0 Å². The first-order chi connectivity index (χ1) is 11.0. The predicted octanol–water partition coefficient (Wildman–Crippen LogP) is 3.64. The summed E-state index contributed by atoms with van der Waals surface area (Å²) in [7, 11) is 1.31. The molecule has 6 nitrogen and oxygen atoms in total. The number of hydrogen-bond donors (Lipinski definition) is 1. The van der Waals surface area contributed by atoms with Crippen molar-refractivity contribution in [3.63, 3.8) is 0 Å². The third-order valence-corrected chi connectivity index (χ3v) is 4.48. The molecule has 0 atom stereocenters. The van der Waals surface area contributed by atoms with Crippen LogP contribution in [-0.2, 0) is 0 Å². The molecular weight excluding hydrogens is 318 g/mol. The number of benzene rings is 2. The first-order valence-corrected chi connectivity index (χ1v) is 7.41. The zero-order valence-corrected chi connectivity index (χ0v) is 12.8. The Morgan fingerprint density at radius 2 is 2.04 bits per heavy atom. The topological polar surface area (TPSA) is 89.7 Å². The van der Waals surface area contributed by atoms with Gasteiger partial charge in [0.1, 0.15) is 0 Å². The van der Waals surface area contributed by atoms with Gasteiger partial charge in [0.15, 0.2) is 11.5 Å². The largest absolute Gasteiger partial charge is 0.504 e. The van der Waals surface area contributed by atoms with Crippen molar-refractivity contribution in [3.05, 3.63) is 62.5 Å². The van der Waals surface area contributed by atoms with Gasteiger partial charge in [-0.15, -0.1) is 0 Å².